The van der Waals surface area contributed by atoms with Crippen LogP contribution in [0.15, 0.2) is 18.2 Å². The van der Waals surface area contributed by atoms with Gasteiger partial charge in [-0.05, 0) is 31.9 Å². The van der Waals surface area contributed by atoms with Crippen LogP contribution < -0.4 is 0 Å². The first-order valence-corrected chi connectivity index (χ1v) is 7.60. The van der Waals surface area contributed by atoms with Crippen molar-refractivity contribution in [2.24, 2.45) is 0 Å². The van der Waals surface area contributed by atoms with E-state index in [0.29, 0.717) is 30.0 Å². The molecule has 20 heavy (non-hydrogen) atoms. The molecule has 1 heterocycles. The van der Waals surface area contributed by atoms with Gasteiger partial charge in [0.2, 0.25) is 0 Å². The highest BCUT2D eigenvalue weighted by Crippen LogP contribution is 2.38. The Kier molecular flexibility index (Phi) is 3.94. The van der Waals surface area contributed by atoms with Gasteiger partial charge in [0, 0.05) is 31.0 Å². The molecular formula is C15H18ClFN2O. The van der Waals surface area contributed by atoms with Crippen molar-refractivity contribution in [3.63, 3.8) is 0 Å². The summed E-state index contributed by atoms with van der Waals surface area (Å²) in [6, 6.07) is 5.18. The predicted molar refractivity (Wildman–Crippen MR) is 77.8 cm³/mol. The van der Waals surface area contributed by atoms with E-state index >= 15 is 0 Å². The second-order valence-corrected chi connectivity index (χ2v) is 5.55. The SMILES string of the molecule is CCOC1CC(n2c(CCCl)nc3cc(F)ccc32)C1. The van der Waals surface area contributed by atoms with Crippen LogP contribution >= 0.6 is 11.6 Å². The van der Waals surface area contributed by atoms with Crippen molar-refractivity contribution >= 4 is 22.6 Å². The maximum absolute atomic E-state index is 13.3. The van der Waals surface area contributed by atoms with Gasteiger partial charge in [0.15, 0.2) is 0 Å². The average Bonchev–Trinajstić information content (AvgIpc) is 2.71. The van der Waals surface area contributed by atoms with Gasteiger partial charge in [-0.15, -0.1) is 11.6 Å². The number of hydrogen-bond acceptors (Lipinski definition) is 2. The summed E-state index contributed by atoms with van der Waals surface area (Å²) in [5.74, 6) is 1.22. The van der Waals surface area contributed by atoms with Gasteiger partial charge in [-0.25, -0.2) is 9.37 Å². The van der Waals surface area contributed by atoms with E-state index in [1.54, 1.807) is 0 Å². The van der Waals surface area contributed by atoms with Gasteiger partial charge in [0.1, 0.15) is 11.6 Å². The van der Waals surface area contributed by atoms with Crippen molar-refractivity contribution in [1.29, 1.82) is 0 Å². The van der Waals surface area contributed by atoms with Crippen LogP contribution in [0.3, 0.4) is 0 Å². The number of rotatable bonds is 5. The summed E-state index contributed by atoms with van der Waals surface area (Å²) < 4.78 is 21.2. The van der Waals surface area contributed by atoms with Crippen molar-refractivity contribution < 1.29 is 9.13 Å². The summed E-state index contributed by atoms with van der Waals surface area (Å²) >= 11 is 5.86. The van der Waals surface area contributed by atoms with Crippen LogP contribution in [-0.2, 0) is 11.2 Å². The van der Waals surface area contributed by atoms with Crippen molar-refractivity contribution in [3.8, 4) is 0 Å². The van der Waals surface area contributed by atoms with Gasteiger partial charge >= 0.3 is 0 Å². The highest BCUT2D eigenvalue weighted by molar-refractivity contribution is 6.17. The number of alkyl halides is 1. The Hall–Kier alpha value is -1.13. The Balaban J connectivity index is 1.93. The summed E-state index contributed by atoms with van der Waals surface area (Å²) in [4.78, 5) is 4.53. The highest BCUT2D eigenvalue weighted by Gasteiger charge is 2.33. The van der Waals surface area contributed by atoms with E-state index in [2.05, 4.69) is 9.55 Å². The monoisotopic (exact) mass is 296 g/mol. The fourth-order valence-corrected chi connectivity index (χ4v) is 3.08. The van der Waals surface area contributed by atoms with Gasteiger partial charge in [-0.3, -0.25) is 0 Å². The summed E-state index contributed by atoms with van der Waals surface area (Å²) in [7, 11) is 0. The van der Waals surface area contributed by atoms with Gasteiger partial charge < -0.3 is 9.30 Å². The minimum Gasteiger partial charge on any atom is -0.378 e. The summed E-state index contributed by atoms with van der Waals surface area (Å²) in [6.07, 6.45) is 3.03. The molecule has 1 aliphatic rings. The number of ether oxygens (including phenoxy) is 1. The smallest absolute Gasteiger partial charge is 0.125 e. The van der Waals surface area contributed by atoms with E-state index in [9.17, 15) is 4.39 Å². The maximum atomic E-state index is 13.3. The average molecular weight is 297 g/mol. The molecule has 108 valence electrons. The van der Waals surface area contributed by atoms with E-state index < -0.39 is 0 Å². The molecule has 1 fully saturated rings. The Bertz CT molecular complexity index is 607. The van der Waals surface area contributed by atoms with Crippen LogP contribution in [0, 0.1) is 5.82 Å². The minimum absolute atomic E-state index is 0.250. The molecule has 0 saturated heterocycles. The zero-order valence-electron chi connectivity index (χ0n) is 11.5. The van der Waals surface area contributed by atoms with Gasteiger partial charge in [-0.1, -0.05) is 0 Å². The van der Waals surface area contributed by atoms with Crippen molar-refractivity contribution in [3.05, 3.63) is 29.8 Å². The first kappa shape index (κ1) is 13.8. The van der Waals surface area contributed by atoms with Crippen molar-refractivity contribution in [2.75, 3.05) is 12.5 Å². The lowest BCUT2D eigenvalue weighted by molar-refractivity contribution is -0.0192. The zero-order valence-corrected chi connectivity index (χ0v) is 12.2. The molecule has 0 atom stereocenters. The molecule has 0 radical (unpaired) electrons. The highest BCUT2D eigenvalue weighted by atomic mass is 35.5. The van der Waals surface area contributed by atoms with Gasteiger partial charge in [0.05, 0.1) is 17.1 Å². The molecule has 5 heteroatoms. The predicted octanol–water partition coefficient (Wildman–Crippen LogP) is 3.70. The number of halogens is 2. The molecule has 2 aromatic rings. The molecule has 3 nitrogen and oxygen atoms in total. The molecule has 1 saturated carbocycles. The standard InChI is InChI=1S/C15H18ClFN2O/c1-2-20-12-8-11(9-12)19-14-4-3-10(17)7-13(14)18-15(19)5-6-16/h3-4,7,11-12H,2,5-6,8-9H2,1H3. The van der Waals surface area contributed by atoms with Crippen LogP contribution in [-0.4, -0.2) is 28.1 Å². The van der Waals surface area contributed by atoms with E-state index in [1.165, 1.54) is 12.1 Å². The topological polar surface area (TPSA) is 27.1 Å². The number of aryl methyl sites for hydroxylation is 1. The molecule has 1 aliphatic carbocycles. The second kappa shape index (κ2) is 5.70. The molecule has 1 aromatic carbocycles. The fourth-order valence-electron chi connectivity index (χ4n) is 2.91. The number of benzene rings is 1. The summed E-state index contributed by atoms with van der Waals surface area (Å²) in [5.41, 5.74) is 1.71. The first-order chi connectivity index (χ1) is 9.72. The lowest BCUT2D eigenvalue weighted by atomic mass is 9.88. The largest absolute Gasteiger partial charge is 0.378 e. The Morgan fingerprint density at radius 3 is 2.95 bits per heavy atom. The number of hydrogen-bond donors (Lipinski definition) is 0. The summed E-state index contributed by atoms with van der Waals surface area (Å²) in [6.45, 7) is 2.77. The molecular weight excluding hydrogens is 279 g/mol. The molecule has 0 spiro atoms. The third-order valence-corrected chi connectivity index (χ3v) is 4.07. The Morgan fingerprint density at radius 2 is 2.25 bits per heavy atom. The molecule has 3 rings (SSSR count). The Morgan fingerprint density at radius 1 is 1.45 bits per heavy atom. The zero-order chi connectivity index (χ0) is 14.1. The number of imidazole rings is 1. The van der Waals surface area contributed by atoms with E-state index in [-0.39, 0.29) is 5.82 Å². The first-order valence-electron chi connectivity index (χ1n) is 7.06. The molecule has 1 aromatic heterocycles. The van der Waals surface area contributed by atoms with Crippen LogP contribution in [0.1, 0.15) is 31.6 Å². The molecule has 0 N–H and O–H groups in total. The maximum Gasteiger partial charge on any atom is 0.125 e. The third kappa shape index (κ3) is 2.42. The van der Waals surface area contributed by atoms with Crippen LogP contribution in [0.4, 0.5) is 4.39 Å². The van der Waals surface area contributed by atoms with Crippen molar-refractivity contribution in [1.82, 2.24) is 9.55 Å². The lowest BCUT2D eigenvalue weighted by Gasteiger charge is -2.37. The van der Waals surface area contributed by atoms with Crippen LogP contribution in [0.2, 0.25) is 0 Å². The second-order valence-electron chi connectivity index (χ2n) is 5.17. The fraction of sp³-hybridized carbons (Fsp3) is 0.533. The lowest BCUT2D eigenvalue weighted by Crippen LogP contribution is -2.34. The number of nitrogens with zero attached hydrogens (tertiary/aromatic N) is 2. The van der Waals surface area contributed by atoms with Gasteiger partial charge in [0.25, 0.3) is 0 Å². The van der Waals surface area contributed by atoms with Crippen molar-refractivity contribution in [2.45, 2.75) is 38.3 Å². The number of aromatic nitrogens is 2. The van der Waals surface area contributed by atoms with E-state index in [0.717, 1.165) is 30.8 Å². The summed E-state index contributed by atoms with van der Waals surface area (Å²) in [5, 5.41) is 0. The molecule has 0 unspecified atom stereocenters. The van der Waals surface area contributed by atoms with E-state index in [1.807, 2.05) is 13.0 Å². The number of fused-ring (bicyclic) bond motifs is 1. The quantitative estimate of drug-likeness (QED) is 0.787. The van der Waals surface area contributed by atoms with E-state index in [4.69, 9.17) is 16.3 Å². The molecule has 0 bridgehead atoms. The molecule has 0 aliphatic heterocycles. The van der Waals surface area contributed by atoms with Gasteiger partial charge in [-0.2, -0.15) is 0 Å². The molecule has 0 amide bonds. The van der Waals surface area contributed by atoms with Crippen LogP contribution in [0.5, 0.6) is 0 Å². The van der Waals surface area contributed by atoms with Crippen LogP contribution in [0.25, 0.3) is 11.0 Å². The third-order valence-electron chi connectivity index (χ3n) is 3.88. The normalized spacial score (nSPS) is 22.1. The Labute approximate surface area is 122 Å². The minimum atomic E-state index is -0.250.